The van der Waals surface area contributed by atoms with Crippen LogP contribution in [0.15, 0.2) is 11.4 Å². The molecule has 0 aliphatic rings. The monoisotopic (exact) mass is 251 g/mol. The van der Waals surface area contributed by atoms with E-state index < -0.39 is 0 Å². The molecule has 0 aromatic carbocycles. The Hall–Kier alpha value is -1.80. The number of hydrogen-bond acceptors (Lipinski definition) is 4. The maximum absolute atomic E-state index is 11.3. The minimum atomic E-state index is -0.369. The van der Waals surface area contributed by atoms with Gasteiger partial charge in [0, 0.05) is 25.5 Å². The van der Waals surface area contributed by atoms with Gasteiger partial charge in [-0.25, -0.2) is 4.79 Å². The normalized spacial score (nSPS) is 9.06. The van der Waals surface area contributed by atoms with Gasteiger partial charge in [-0.15, -0.1) is 11.3 Å². The Balaban J connectivity index is 2.57. The van der Waals surface area contributed by atoms with E-state index in [4.69, 9.17) is 0 Å². The van der Waals surface area contributed by atoms with Crippen molar-refractivity contribution < 1.29 is 14.3 Å². The number of nitrogens with one attached hydrogen (secondary N) is 1. The first-order chi connectivity index (χ1) is 8.15. The summed E-state index contributed by atoms with van der Waals surface area (Å²) >= 11 is 1.30. The van der Waals surface area contributed by atoms with E-state index in [9.17, 15) is 9.59 Å². The second kappa shape index (κ2) is 6.71. The van der Waals surface area contributed by atoms with Crippen molar-refractivity contribution in [3.05, 3.63) is 21.9 Å². The fourth-order valence-corrected chi connectivity index (χ4v) is 1.88. The van der Waals surface area contributed by atoms with Crippen molar-refractivity contribution in [1.82, 2.24) is 5.32 Å². The van der Waals surface area contributed by atoms with Crippen LogP contribution in [-0.2, 0) is 9.53 Å². The highest BCUT2D eigenvalue weighted by Crippen LogP contribution is 2.16. The topological polar surface area (TPSA) is 55.4 Å². The van der Waals surface area contributed by atoms with Crippen molar-refractivity contribution in [3.8, 4) is 11.8 Å². The first-order valence-corrected chi connectivity index (χ1v) is 5.92. The van der Waals surface area contributed by atoms with Crippen LogP contribution in [0.1, 0.15) is 28.6 Å². The third kappa shape index (κ3) is 4.29. The molecular weight excluding hydrogens is 238 g/mol. The summed E-state index contributed by atoms with van der Waals surface area (Å²) in [4.78, 5) is 22.4. The minimum absolute atomic E-state index is 0.0717. The van der Waals surface area contributed by atoms with Crippen molar-refractivity contribution in [2.45, 2.75) is 13.3 Å². The summed E-state index contributed by atoms with van der Waals surface area (Å²) in [6.45, 7) is 1.97. The van der Waals surface area contributed by atoms with E-state index >= 15 is 0 Å². The molecule has 1 N–H and O–H groups in total. The molecule has 1 aromatic rings. The van der Waals surface area contributed by atoms with Crippen molar-refractivity contribution in [2.24, 2.45) is 0 Å². The highest BCUT2D eigenvalue weighted by molar-refractivity contribution is 7.12. The number of methoxy groups -OCH3 is 1. The molecular formula is C12H13NO3S. The first-order valence-electron chi connectivity index (χ1n) is 5.04. The number of rotatable bonds is 3. The predicted molar refractivity (Wildman–Crippen MR) is 65.8 cm³/mol. The smallest absolute Gasteiger partial charge is 0.349 e. The lowest BCUT2D eigenvalue weighted by atomic mass is 10.2. The van der Waals surface area contributed by atoms with Crippen LogP contribution in [0.4, 0.5) is 0 Å². The Bertz CT molecular complexity index is 468. The number of ether oxygens (including phenoxy) is 1. The average molecular weight is 251 g/mol. The van der Waals surface area contributed by atoms with Crippen molar-refractivity contribution in [2.75, 3.05) is 13.7 Å². The van der Waals surface area contributed by atoms with Gasteiger partial charge in [-0.3, -0.25) is 4.79 Å². The lowest BCUT2D eigenvalue weighted by molar-refractivity contribution is -0.118. The summed E-state index contributed by atoms with van der Waals surface area (Å²) in [5.74, 6) is 5.35. The molecule has 0 aliphatic carbocycles. The van der Waals surface area contributed by atoms with Crippen LogP contribution in [-0.4, -0.2) is 25.5 Å². The van der Waals surface area contributed by atoms with E-state index in [1.54, 1.807) is 11.4 Å². The second-order valence-electron chi connectivity index (χ2n) is 3.19. The quantitative estimate of drug-likeness (QED) is 0.502. The minimum Gasteiger partial charge on any atom is -0.465 e. The molecule has 0 aliphatic heterocycles. The molecule has 0 spiro atoms. The SMILES string of the molecule is COC(=O)c1sccc1C#CCCNC(C)=O. The zero-order valence-corrected chi connectivity index (χ0v) is 10.5. The summed E-state index contributed by atoms with van der Waals surface area (Å²) in [6, 6.07) is 1.78. The fourth-order valence-electron chi connectivity index (χ4n) is 1.12. The van der Waals surface area contributed by atoms with Gasteiger partial charge in [-0.1, -0.05) is 11.8 Å². The number of amides is 1. The van der Waals surface area contributed by atoms with E-state index in [0.717, 1.165) is 0 Å². The van der Waals surface area contributed by atoms with Gasteiger partial charge >= 0.3 is 5.97 Å². The number of carbonyl (C=O) groups excluding carboxylic acids is 2. The molecule has 0 radical (unpaired) electrons. The molecule has 90 valence electrons. The molecule has 1 amide bonds. The van der Waals surface area contributed by atoms with Gasteiger partial charge in [-0.05, 0) is 11.4 Å². The standard InChI is InChI=1S/C12H13NO3S/c1-9(14)13-7-4-3-5-10-6-8-17-11(10)12(15)16-2/h6,8H,4,7H2,1-2H3,(H,13,14). The highest BCUT2D eigenvalue weighted by Gasteiger charge is 2.11. The number of carbonyl (C=O) groups is 2. The summed E-state index contributed by atoms with van der Waals surface area (Å²) < 4.78 is 4.64. The Kier molecular flexibility index (Phi) is 5.24. The van der Waals surface area contributed by atoms with Gasteiger partial charge in [0.05, 0.1) is 7.11 Å². The van der Waals surface area contributed by atoms with Crippen molar-refractivity contribution in [3.63, 3.8) is 0 Å². The predicted octanol–water partition coefficient (Wildman–Crippen LogP) is 1.41. The Morgan fingerprint density at radius 3 is 2.94 bits per heavy atom. The molecule has 5 heteroatoms. The van der Waals surface area contributed by atoms with Crippen LogP contribution < -0.4 is 5.32 Å². The number of thiophene rings is 1. The number of hydrogen-bond donors (Lipinski definition) is 1. The lowest BCUT2D eigenvalue weighted by Crippen LogP contribution is -2.20. The molecule has 0 unspecified atom stereocenters. The van der Waals surface area contributed by atoms with E-state index in [1.807, 2.05) is 0 Å². The van der Waals surface area contributed by atoms with E-state index in [-0.39, 0.29) is 11.9 Å². The van der Waals surface area contributed by atoms with Crippen LogP contribution in [0.3, 0.4) is 0 Å². The Morgan fingerprint density at radius 1 is 1.53 bits per heavy atom. The molecule has 0 saturated heterocycles. The maximum atomic E-state index is 11.3. The highest BCUT2D eigenvalue weighted by atomic mass is 32.1. The molecule has 4 nitrogen and oxygen atoms in total. The zero-order valence-electron chi connectivity index (χ0n) is 9.70. The van der Waals surface area contributed by atoms with Crippen LogP contribution in [0, 0.1) is 11.8 Å². The third-order valence-electron chi connectivity index (χ3n) is 1.88. The van der Waals surface area contributed by atoms with Crippen LogP contribution in [0.5, 0.6) is 0 Å². The van der Waals surface area contributed by atoms with E-state index in [0.29, 0.717) is 23.4 Å². The van der Waals surface area contributed by atoms with Crippen LogP contribution >= 0.6 is 11.3 Å². The Morgan fingerprint density at radius 2 is 2.29 bits per heavy atom. The molecule has 1 rings (SSSR count). The molecule has 1 heterocycles. The van der Waals surface area contributed by atoms with Crippen LogP contribution in [0.25, 0.3) is 0 Å². The van der Waals surface area contributed by atoms with Gasteiger partial charge in [0.2, 0.25) is 5.91 Å². The van der Waals surface area contributed by atoms with Gasteiger partial charge in [0.25, 0.3) is 0 Å². The molecule has 0 atom stereocenters. The maximum Gasteiger partial charge on any atom is 0.349 e. The third-order valence-corrected chi connectivity index (χ3v) is 2.78. The van der Waals surface area contributed by atoms with Gasteiger partial charge in [0.1, 0.15) is 4.88 Å². The fraction of sp³-hybridized carbons (Fsp3) is 0.333. The Labute approximate surface area is 104 Å². The van der Waals surface area contributed by atoms with Gasteiger partial charge in [-0.2, -0.15) is 0 Å². The van der Waals surface area contributed by atoms with Crippen LogP contribution in [0.2, 0.25) is 0 Å². The van der Waals surface area contributed by atoms with Gasteiger partial charge < -0.3 is 10.1 Å². The largest absolute Gasteiger partial charge is 0.465 e. The van der Waals surface area contributed by atoms with Crippen molar-refractivity contribution >= 4 is 23.2 Å². The average Bonchev–Trinajstić information content (AvgIpc) is 2.75. The summed E-state index contributed by atoms with van der Waals surface area (Å²) in [6.07, 6.45) is 0.552. The molecule has 1 aromatic heterocycles. The molecule has 17 heavy (non-hydrogen) atoms. The van der Waals surface area contributed by atoms with E-state index in [1.165, 1.54) is 25.4 Å². The number of esters is 1. The van der Waals surface area contributed by atoms with Crippen molar-refractivity contribution in [1.29, 1.82) is 0 Å². The molecule has 0 fully saturated rings. The molecule has 0 bridgehead atoms. The second-order valence-corrected chi connectivity index (χ2v) is 4.11. The summed E-state index contributed by atoms with van der Waals surface area (Å²) in [5.41, 5.74) is 0.671. The summed E-state index contributed by atoms with van der Waals surface area (Å²) in [7, 11) is 1.34. The first kappa shape index (κ1) is 13.3. The molecule has 0 saturated carbocycles. The van der Waals surface area contributed by atoms with Gasteiger partial charge in [0.15, 0.2) is 0 Å². The summed E-state index contributed by atoms with van der Waals surface area (Å²) in [5, 5.41) is 4.44. The lowest BCUT2D eigenvalue weighted by Gasteiger charge is -1.96. The van der Waals surface area contributed by atoms with E-state index in [2.05, 4.69) is 21.9 Å². The zero-order chi connectivity index (χ0) is 12.7.